The quantitative estimate of drug-likeness (QED) is 0.751. The zero-order valence-electron chi connectivity index (χ0n) is 9.64. The van der Waals surface area contributed by atoms with E-state index >= 15 is 0 Å². The molecule has 3 rings (SSSR count). The van der Waals surface area contributed by atoms with E-state index in [1.165, 1.54) is 0 Å². The molecule has 1 aromatic carbocycles. The summed E-state index contributed by atoms with van der Waals surface area (Å²) in [5.74, 6) is 0.962. The lowest BCUT2D eigenvalue weighted by Crippen LogP contribution is -2.02. The van der Waals surface area contributed by atoms with Crippen molar-refractivity contribution in [2.24, 2.45) is 0 Å². The molecule has 3 N–H and O–H groups in total. The van der Waals surface area contributed by atoms with E-state index in [1.807, 2.05) is 12.1 Å². The molecule has 0 saturated carbocycles. The predicted molar refractivity (Wildman–Crippen MR) is 79.8 cm³/mol. The first-order valence-corrected chi connectivity index (χ1v) is 6.62. The fourth-order valence-corrected chi connectivity index (χ4v) is 2.28. The standard InChI is InChI=1S/C12H9BrClN5/c13-7-1-2-8(14)9(5-7)17-11-12-16-3-4-19(12)6-10(15)18-11/h1-6H,15H2,(H,17,18). The molecule has 0 unspecified atom stereocenters. The maximum Gasteiger partial charge on any atom is 0.180 e. The van der Waals surface area contributed by atoms with Crippen LogP contribution in [0.25, 0.3) is 5.65 Å². The molecule has 2 heterocycles. The molecule has 7 heteroatoms. The molecule has 2 aromatic heterocycles. The van der Waals surface area contributed by atoms with E-state index < -0.39 is 0 Å². The smallest absolute Gasteiger partial charge is 0.180 e. The summed E-state index contributed by atoms with van der Waals surface area (Å²) in [4.78, 5) is 8.48. The first-order valence-electron chi connectivity index (χ1n) is 5.45. The van der Waals surface area contributed by atoms with E-state index in [0.29, 0.717) is 22.3 Å². The van der Waals surface area contributed by atoms with Crippen LogP contribution in [0.1, 0.15) is 0 Å². The fraction of sp³-hybridized carbons (Fsp3) is 0. The maximum atomic E-state index is 6.14. The summed E-state index contributed by atoms with van der Waals surface area (Å²) >= 11 is 9.54. The highest BCUT2D eigenvalue weighted by Crippen LogP contribution is 2.29. The minimum Gasteiger partial charge on any atom is -0.382 e. The Kier molecular flexibility index (Phi) is 3.04. The van der Waals surface area contributed by atoms with Crippen LogP contribution in [0.2, 0.25) is 5.02 Å². The summed E-state index contributed by atoms with van der Waals surface area (Å²) in [5.41, 5.74) is 7.18. The van der Waals surface area contributed by atoms with Crippen LogP contribution < -0.4 is 11.1 Å². The van der Waals surface area contributed by atoms with E-state index in [-0.39, 0.29) is 0 Å². The van der Waals surface area contributed by atoms with Crippen molar-refractivity contribution in [1.29, 1.82) is 0 Å². The van der Waals surface area contributed by atoms with E-state index in [4.69, 9.17) is 17.3 Å². The molecule has 0 amide bonds. The van der Waals surface area contributed by atoms with Crippen LogP contribution in [0.5, 0.6) is 0 Å². The monoisotopic (exact) mass is 337 g/mol. The molecule has 19 heavy (non-hydrogen) atoms. The highest BCUT2D eigenvalue weighted by atomic mass is 79.9. The van der Waals surface area contributed by atoms with Gasteiger partial charge in [0, 0.05) is 16.9 Å². The Hall–Kier alpha value is -1.79. The highest BCUT2D eigenvalue weighted by molar-refractivity contribution is 9.10. The second-order valence-corrected chi connectivity index (χ2v) is 5.24. The van der Waals surface area contributed by atoms with Gasteiger partial charge in [-0.3, -0.25) is 0 Å². The SMILES string of the molecule is Nc1cn2ccnc2c(Nc2cc(Br)ccc2Cl)n1. The van der Waals surface area contributed by atoms with Crippen LogP contribution in [0.3, 0.4) is 0 Å². The van der Waals surface area contributed by atoms with Gasteiger partial charge in [0.2, 0.25) is 0 Å². The van der Waals surface area contributed by atoms with E-state index in [0.717, 1.165) is 10.2 Å². The van der Waals surface area contributed by atoms with Crippen molar-refractivity contribution >= 4 is 50.5 Å². The van der Waals surface area contributed by atoms with Gasteiger partial charge in [-0.15, -0.1) is 0 Å². The summed E-state index contributed by atoms with van der Waals surface area (Å²) in [7, 11) is 0. The number of rotatable bonds is 2. The van der Waals surface area contributed by atoms with Crippen molar-refractivity contribution in [2.75, 3.05) is 11.1 Å². The number of nitrogens with two attached hydrogens (primary N) is 1. The predicted octanol–water partition coefficient (Wildman–Crippen LogP) is 3.47. The van der Waals surface area contributed by atoms with Gasteiger partial charge in [0.05, 0.1) is 16.9 Å². The van der Waals surface area contributed by atoms with Gasteiger partial charge >= 0.3 is 0 Å². The lowest BCUT2D eigenvalue weighted by Gasteiger charge is -2.09. The van der Waals surface area contributed by atoms with Crippen molar-refractivity contribution in [1.82, 2.24) is 14.4 Å². The molecule has 0 saturated heterocycles. The summed E-state index contributed by atoms with van der Waals surface area (Å²) in [5, 5.41) is 3.74. The molecule has 0 aliphatic heterocycles. The number of anilines is 3. The minimum atomic E-state index is 0.402. The van der Waals surface area contributed by atoms with Gasteiger partial charge in [-0.2, -0.15) is 0 Å². The number of nitrogens with one attached hydrogen (secondary N) is 1. The van der Waals surface area contributed by atoms with Crippen molar-refractivity contribution in [3.05, 3.63) is 46.3 Å². The summed E-state index contributed by atoms with van der Waals surface area (Å²) in [6.07, 6.45) is 5.20. The van der Waals surface area contributed by atoms with Crippen molar-refractivity contribution < 1.29 is 0 Å². The average Bonchev–Trinajstić information content (AvgIpc) is 2.82. The Morgan fingerprint density at radius 2 is 2.21 bits per heavy atom. The van der Waals surface area contributed by atoms with Gasteiger partial charge in [0.15, 0.2) is 11.5 Å². The normalized spacial score (nSPS) is 10.8. The molecule has 0 spiro atoms. The van der Waals surface area contributed by atoms with E-state index in [2.05, 4.69) is 31.2 Å². The van der Waals surface area contributed by atoms with Gasteiger partial charge < -0.3 is 15.5 Å². The van der Waals surface area contributed by atoms with Crippen molar-refractivity contribution in [2.45, 2.75) is 0 Å². The van der Waals surface area contributed by atoms with Crippen LogP contribution in [-0.2, 0) is 0 Å². The minimum absolute atomic E-state index is 0.402. The van der Waals surface area contributed by atoms with E-state index in [1.54, 1.807) is 29.1 Å². The number of hydrogen-bond acceptors (Lipinski definition) is 4. The number of fused-ring (bicyclic) bond motifs is 1. The fourth-order valence-electron chi connectivity index (χ4n) is 1.76. The molecule has 0 radical (unpaired) electrons. The van der Waals surface area contributed by atoms with Crippen LogP contribution in [-0.4, -0.2) is 14.4 Å². The molecule has 0 bridgehead atoms. The zero-order chi connectivity index (χ0) is 13.4. The van der Waals surface area contributed by atoms with E-state index in [9.17, 15) is 0 Å². The largest absolute Gasteiger partial charge is 0.382 e. The molecule has 0 fully saturated rings. The van der Waals surface area contributed by atoms with Gasteiger partial charge in [-0.05, 0) is 18.2 Å². The topological polar surface area (TPSA) is 68.2 Å². The molecular weight excluding hydrogens is 330 g/mol. The van der Waals surface area contributed by atoms with Gasteiger partial charge in [0.1, 0.15) is 5.82 Å². The lowest BCUT2D eigenvalue weighted by molar-refractivity contribution is 1.14. The summed E-state index contributed by atoms with van der Waals surface area (Å²) in [6.45, 7) is 0. The Bertz CT molecular complexity index is 755. The molecule has 5 nitrogen and oxygen atoms in total. The Labute approximate surface area is 122 Å². The Morgan fingerprint density at radius 3 is 3.05 bits per heavy atom. The molecule has 0 aliphatic rings. The number of nitrogen functional groups attached to an aromatic ring is 1. The third-order valence-corrected chi connectivity index (χ3v) is 3.40. The second kappa shape index (κ2) is 4.71. The van der Waals surface area contributed by atoms with Crippen molar-refractivity contribution in [3.63, 3.8) is 0 Å². The lowest BCUT2D eigenvalue weighted by atomic mass is 10.3. The maximum absolute atomic E-state index is 6.14. The zero-order valence-corrected chi connectivity index (χ0v) is 12.0. The van der Waals surface area contributed by atoms with Crippen molar-refractivity contribution in [3.8, 4) is 0 Å². The first-order chi connectivity index (χ1) is 9.13. The van der Waals surface area contributed by atoms with Crippen LogP contribution >= 0.6 is 27.5 Å². The molecule has 0 atom stereocenters. The Balaban J connectivity index is 2.10. The number of halogens is 2. The number of hydrogen-bond donors (Lipinski definition) is 2. The summed E-state index contributed by atoms with van der Waals surface area (Å²) < 4.78 is 2.72. The molecule has 96 valence electrons. The van der Waals surface area contributed by atoms with Crippen LogP contribution in [0, 0.1) is 0 Å². The first kappa shape index (κ1) is 12.3. The van der Waals surface area contributed by atoms with Gasteiger partial charge in [0.25, 0.3) is 0 Å². The van der Waals surface area contributed by atoms with Crippen LogP contribution in [0.15, 0.2) is 41.3 Å². The number of imidazole rings is 1. The number of nitrogens with zero attached hydrogens (tertiary/aromatic N) is 3. The third-order valence-electron chi connectivity index (χ3n) is 2.57. The second-order valence-electron chi connectivity index (χ2n) is 3.92. The van der Waals surface area contributed by atoms with Gasteiger partial charge in [-0.1, -0.05) is 27.5 Å². The highest BCUT2D eigenvalue weighted by Gasteiger charge is 2.08. The molecule has 3 aromatic rings. The van der Waals surface area contributed by atoms with Gasteiger partial charge in [-0.25, -0.2) is 9.97 Å². The number of benzene rings is 1. The molecular formula is C12H9BrClN5. The third kappa shape index (κ3) is 2.36. The van der Waals surface area contributed by atoms with Crippen LogP contribution in [0.4, 0.5) is 17.3 Å². The molecule has 0 aliphatic carbocycles. The average molecular weight is 339 g/mol. The Morgan fingerprint density at radius 1 is 1.37 bits per heavy atom. The summed E-state index contributed by atoms with van der Waals surface area (Å²) in [6, 6.07) is 5.53. The number of aromatic nitrogens is 3.